The van der Waals surface area contributed by atoms with Crippen LogP contribution in [0.15, 0.2) is 66.7 Å². The van der Waals surface area contributed by atoms with Crippen LogP contribution in [0.25, 0.3) is 10.9 Å². The lowest BCUT2D eigenvalue weighted by Gasteiger charge is -2.36. The number of rotatable bonds is 3. The van der Waals surface area contributed by atoms with Crippen LogP contribution in [0.5, 0.6) is 5.75 Å². The van der Waals surface area contributed by atoms with Crippen molar-refractivity contribution in [2.75, 3.05) is 19.0 Å². The molecule has 0 fully saturated rings. The van der Waals surface area contributed by atoms with Crippen LogP contribution in [0.4, 0.5) is 10.5 Å². The maximum atomic E-state index is 13.4. The number of aromatic amines is 1. The van der Waals surface area contributed by atoms with Gasteiger partial charge in [0.15, 0.2) is 0 Å². The number of carbonyl (C=O) groups excluding carboxylic acids is 1. The van der Waals surface area contributed by atoms with Crippen LogP contribution in [0.1, 0.15) is 28.4 Å². The van der Waals surface area contributed by atoms with Crippen molar-refractivity contribution in [2.24, 2.45) is 0 Å². The highest BCUT2D eigenvalue weighted by Crippen LogP contribution is 2.40. The van der Waals surface area contributed by atoms with Crippen LogP contribution in [0.3, 0.4) is 0 Å². The molecule has 0 spiro atoms. The van der Waals surface area contributed by atoms with E-state index in [1.54, 1.807) is 13.2 Å². The highest BCUT2D eigenvalue weighted by atomic mass is 35.5. The summed E-state index contributed by atoms with van der Waals surface area (Å²) in [5.41, 5.74) is 6.15. The summed E-state index contributed by atoms with van der Waals surface area (Å²) in [6, 6.07) is 21.3. The molecule has 0 saturated heterocycles. The third-order valence-electron chi connectivity index (χ3n) is 6.10. The number of anilines is 1. The van der Waals surface area contributed by atoms with Gasteiger partial charge in [0.2, 0.25) is 0 Å². The van der Waals surface area contributed by atoms with Crippen molar-refractivity contribution < 1.29 is 9.53 Å². The van der Waals surface area contributed by atoms with Crippen LogP contribution in [0.2, 0.25) is 5.02 Å². The minimum atomic E-state index is -0.236. The Balaban J connectivity index is 1.59. The van der Waals surface area contributed by atoms with Crippen molar-refractivity contribution in [1.29, 1.82) is 0 Å². The number of fused-ring (bicyclic) bond motifs is 3. The summed E-state index contributed by atoms with van der Waals surface area (Å²) < 4.78 is 5.44. The molecular weight excluding hydrogens is 422 g/mol. The Morgan fingerprint density at radius 2 is 1.91 bits per heavy atom. The van der Waals surface area contributed by atoms with E-state index in [0.717, 1.165) is 34.3 Å². The summed E-state index contributed by atoms with van der Waals surface area (Å²) in [5, 5.41) is 4.65. The molecular formula is C26H24ClN3O2. The van der Waals surface area contributed by atoms with Gasteiger partial charge in [0.1, 0.15) is 5.75 Å². The van der Waals surface area contributed by atoms with Gasteiger partial charge in [-0.05, 0) is 54.8 Å². The van der Waals surface area contributed by atoms with E-state index < -0.39 is 0 Å². The van der Waals surface area contributed by atoms with Crippen LogP contribution in [-0.2, 0) is 6.42 Å². The Kier molecular flexibility index (Phi) is 5.27. The Morgan fingerprint density at radius 1 is 1.12 bits per heavy atom. The molecule has 3 aromatic carbocycles. The van der Waals surface area contributed by atoms with Crippen LogP contribution in [-0.4, -0.2) is 29.6 Å². The number of aromatic nitrogens is 1. The number of carbonyl (C=O) groups is 1. The third-order valence-corrected chi connectivity index (χ3v) is 6.43. The average molecular weight is 446 g/mol. The van der Waals surface area contributed by atoms with E-state index >= 15 is 0 Å². The molecule has 5 nitrogen and oxygen atoms in total. The molecule has 5 rings (SSSR count). The minimum Gasteiger partial charge on any atom is -0.497 e. The summed E-state index contributed by atoms with van der Waals surface area (Å²) >= 11 is 6.29. The predicted molar refractivity (Wildman–Crippen MR) is 129 cm³/mol. The fraction of sp³-hybridized carbons (Fsp3) is 0.192. The number of amides is 2. The Morgan fingerprint density at radius 3 is 2.66 bits per heavy atom. The first-order chi connectivity index (χ1) is 15.5. The first-order valence-electron chi connectivity index (χ1n) is 10.6. The van der Waals surface area contributed by atoms with Crippen molar-refractivity contribution in [1.82, 2.24) is 9.88 Å². The zero-order valence-electron chi connectivity index (χ0n) is 18.0. The molecule has 1 aliphatic rings. The van der Waals surface area contributed by atoms with Gasteiger partial charge in [0.25, 0.3) is 0 Å². The third kappa shape index (κ3) is 3.59. The first kappa shape index (κ1) is 20.5. The second-order valence-electron chi connectivity index (χ2n) is 8.10. The van der Waals surface area contributed by atoms with Crippen molar-refractivity contribution >= 4 is 34.2 Å². The highest BCUT2D eigenvalue weighted by Gasteiger charge is 2.34. The molecule has 4 aromatic rings. The van der Waals surface area contributed by atoms with Gasteiger partial charge in [0, 0.05) is 23.1 Å². The number of halogens is 1. The number of ether oxygens (including phenoxy) is 1. The number of hydrogen-bond donors (Lipinski definition) is 2. The summed E-state index contributed by atoms with van der Waals surface area (Å²) in [7, 11) is 1.68. The molecule has 0 unspecified atom stereocenters. The molecule has 162 valence electrons. The summed E-state index contributed by atoms with van der Waals surface area (Å²) in [6.45, 7) is 2.65. The predicted octanol–water partition coefficient (Wildman–Crippen LogP) is 6.32. The standard InChI is InChI=1S/C26H24ClN3O2/c1-16-7-9-17(10-8-16)25-24-19(20-15-18(32-2)11-12-22(20)28-24)13-14-30(25)26(31)29-23-6-4-3-5-21(23)27/h3-12,15,25,28H,13-14H2,1-2H3,(H,29,31)/t25-/m1/s1. The summed E-state index contributed by atoms with van der Waals surface area (Å²) in [4.78, 5) is 18.9. The van der Waals surface area contributed by atoms with Crippen LogP contribution in [0, 0.1) is 6.92 Å². The number of para-hydroxylation sites is 1. The van der Waals surface area contributed by atoms with E-state index in [1.165, 1.54) is 11.1 Å². The molecule has 1 atom stereocenters. The van der Waals surface area contributed by atoms with E-state index in [-0.39, 0.29) is 12.1 Å². The normalized spacial score (nSPS) is 15.5. The lowest BCUT2D eigenvalue weighted by Crippen LogP contribution is -2.43. The van der Waals surface area contributed by atoms with Crippen molar-refractivity contribution in [3.8, 4) is 5.75 Å². The second-order valence-corrected chi connectivity index (χ2v) is 8.50. The van der Waals surface area contributed by atoms with E-state index in [9.17, 15) is 4.79 Å². The van der Waals surface area contributed by atoms with Crippen molar-refractivity contribution in [2.45, 2.75) is 19.4 Å². The van der Waals surface area contributed by atoms with Crippen molar-refractivity contribution in [3.05, 3.63) is 94.1 Å². The fourth-order valence-corrected chi connectivity index (χ4v) is 4.64. The molecule has 6 heteroatoms. The Bertz CT molecular complexity index is 1300. The largest absolute Gasteiger partial charge is 0.497 e. The van der Waals surface area contributed by atoms with E-state index in [2.05, 4.69) is 47.6 Å². The highest BCUT2D eigenvalue weighted by molar-refractivity contribution is 6.33. The zero-order valence-corrected chi connectivity index (χ0v) is 18.7. The lowest BCUT2D eigenvalue weighted by molar-refractivity contribution is 0.193. The maximum absolute atomic E-state index is 13.4. The van der Waals surface area contributed by atoms with Gasteiger partial charge in [-0.3, -0.25) is 0 Å². The van der Waals surface area contributed by atoms with Crippen molar-refractivity contribution in [3.63, 3.8) is 0 Å². The molecule has 0 bridgehead atoms. The van der Waals surface area contributed by atoms with Gasteiger partial charge in [-0.25, -0.2) is 4.79 Å². The summed E-state index contributed by atoms with van der Waals surface area (Å²) in [6.07, 6.45) is 0.751. The van der Waals surface area contributed by atoms with E-state index in [4.69, 9.17) is 16.3 Å². The lowest BCUT2D eigenvalue weighted by atomic mass is 9.92. The SMILES string of the molecule is COc1ccc2[nH]c3c(c2c1)CCN(C(=O)Nc1ccccc1Cl)[C@@H]3c1ccc(C)cc1. The number of urea groups is 1. The Labute approximate surface area is 192 Å². The van der Waals surface area contributed by atoms with E-state index in [0.29, 0.717) is 17.3 Å². The van der Waals surface area contributed by atoms with Crippen LogP contribution >= 0.6 is 11.6 Å². The fourth-order valence-electron chi connectivity index (χ4n) is 4.46. The van der Waals surface area contributed by atoms with Crippen LogP contribution < -0.4 is 10.1 Å². The molecule has 1 aliphatic heterocycles. The number of benzene rings is 3. The Hall–Kier alpha value is -3.44. The smallest absolute Gasteiger partial charge is 0.322 e. The number of hydrogen-bond acceptors (Lipinski definition) is 2. The van der Waals surface area contributed by atoms with Gasteiger partial charge in [-0.15, -0.1) is 0 Å². The second kappa shape index (κ2) is 8.24. The van der Waals surface area contributed by atoms with Gasteiger partial charge in [0.05, 0.1) is 23.9 Å². The summed E-state index contributed by atoms with van der Waals surface area (Å²) in [5.74, 6) is 0.824. The molecule has 0 saturated carbocycles. The number of H-pyrrole nitrogens is 1. The molecule has 32 heavy (non-hydrogen) atoms. The molecule has 2 heterocycles. The molecule has 1 aromatic heterocycles. The van der Waals surface area contributed by atoms with Gasteiger partial charge in [-0.2, -0.15) is 0 Å². The van der Waals surface area contributed by atoms with Gasteiger partial charge < -0.3 is 19.9 Å². The molecule has 2 amide bonds. The zero-order chi connectivity index (χ0) is 22.2. The average Bonchev–Trinajstić information content (AvgIpc) is 3.18. The van der Waals surface area contributed by atoms with Gasteiger partial charge >= 0.3 is 6.03 Å². The quantitative estimate of drug-likeness (QED) is 0.387. The molecule has 2 N–H and O–H groups in total. The first-order valence-corrected chi connectivity index (χ1v) is 11.0. The maximum Gasteiger partial charge on any atom is 0.322 e. The number of methoxy groups -OCH3 is 1. The number of nitrogens with one attached hydrogen (secondary N) is 2. The minimum absolute atomic E-state index is 0.175. The topological polar surface area (TPSA) is 57.4 Å². The van der Waals surface area contributed by atoms with Gasteiger partial charge in [-0.1, -0.05) is 53.6 Å². The number of aryl methyl sites for hydroxylation is 1. The monoisotopic (exact) mass is 445 g/mol. The number of nitrogens with zero attached hydrogens (tertiary/aromatic N) is 1. The van der Waals surface area contributed by atoms with E-state index in [1.807, 2.05) is 35.2 Å². The molecule has 0 radical (unpaired) electrons. The molecule has 0 aliphatic carbocycles.